The largest absolute Gasteiger partial charge is 0.324 e. The quantitative estimate of drug-likeness (QED) is 0.620. The Morgan fingerprint density at radius 1 is 1.36 bits per heavy atom. The predicted octanol–water partition coefficient (Wildman–Crippen LogP) is 4.09. The lowest BCUT2D eigenvalue weighted by Crippen LogP contribution is -2.27. The number of anilines is 1. The summed E-state index contributed by atoms with van der Waals surface area (Å²) in [6, 6.07) is 8.42. The van der Waals surface area contributed by atoms with Crippen molar-refractivity contribution >= 4 is 35.5 Å². The monoisotopic (exact) mass is 314 g/mol. The molecule has 4 nitrogen and oxygen atoms in total. The molecule has 0 radical (unpaired) electrons. The summed E-state index contributed by atoms with van der Waals surface area (Å²) in [4.78, 5) is 14.8. The molecule has 1 aliphatic rings. The fourth-order valence-corrected chi connectivity index (χ4v) is 2.68. The first-order valence-electron chi connectivity index (χ1n) is 7.13. The van der Waals surface area contributed by atoms with E-state index in [1.807, 2.05) is 19.2 Å². The van der Waals surface area contributed by atoms with E-state index in [9.17, 15) is 0 Å². The van der Waals surface area contributed by atoms with Gasteiger partial charge in [0.05, 0.1) is 11.2 Å². The molecule has 116 valence electrons. The fourth-order valence-electron chi connectivity index (χ4n) is 2.53. The van der Waals surface area contributed by atoms with Crippen LogP contribution in [0.3, 0.4) is 0 Å². The number of para-hydroxylation sites is 1. The lowest BCUT2D eigenvalue weighted by atomic mass is 9.87. The van der Waals surface area contributed by atoms with Gasteiger partial charge in [-0.25, -0.2) is 9.98 Å². The van der Waals surface area contributed by atoms with E-state index in [1.165, 1.54) is 11.3 Å². The van der Waals surface area contributed by atoms with Gasteiger partial charge in [-0.3, -0.25) is 4.99 Å². The van der Waals surface area contributed by atoms with Gasteiger partial charge in [0.15, 0.2) is 5.82 Å². The first-order valence-corrected chi connectivity index (χ1v) is 8.36. The Balaban J connectivity index is 2.36. The molecule has 0 spiro atoms. The molecule has 2 rings (SSSR count). The topological polar surface area (TPSA) is 40.3 Å². The van der Waals surface area contributed by atoms with E-state index in [4.69, 9.17) is 0 Å². The molecule has 0 unspecified atom stereocenters. The number of hydrogen-bond donors (Lipinski definition) is 0. The van der Waals surface area contributed by atoms with Gasteiger partial charge < -0.3 is 4.90 Å². The molecule has 1 aromatic rings. The Bertz CT molecular complexity index is 644. The minimum absolute atomic E-state index is 0.0742. The highest BCUT2D eigenvalue weighted by Crippen LogP contribution is 2.42. The van der Waals surface area contributed by atoms with E-state index in [0.29, 0.717) is 0 Å². The average molecular weight is 314 g/mol. The number of benzene rings is 1. The Kier molecular flexibility index (Phi) is 5.19. The standard InChI is InChI=1S/C17H22N4S/c1-13(22-5)19-12-20-16(10-18-4)21-11-17(2,3)14-8-6-7-9-15(14)21/h6-10,12H,4,11H2,1-3,5H3/b16-10-,19-13?,20-12-. The summed E-state index contributed by atoms with van der Waals surface area (Å²) in [5, 5.41) is 0.969. The summed E-state index contributed by atoms with van der Waals surface area (Å²) in [6.45, 7) is 10.9. The van der Waals surface area contributed by atoms with Gasteiger partial charge in [0.25, 0.3) is 0 Å². The maximum absolute atomic E-state index is 4.48. The summed E-state index contributed by atoms with van der Waals surface area (Å²) >= 11 is 1.60. The third-order valence-electron chi connectivity index (χ3n) is 3.69. The van der Waals surface area contributed by atoms with Crippen LogP contribution in [-0.4, -0.2) is 30.9 Å². The van der Waals surface area contributed by atoms with Crippen LogP contribution in [0.5, 0.6) is 0 Å². The zero-order valence-electron chi connectivity index (χ0n) is 13.6. The molecule has 0 amide bonds. The molecule has 0 bridgehead atoms. The van der Waals surface area contributed by atoms with Crippen LogP contribution < -0.4 is 4.90 Å². The normalized spacial score (nSPS) is 17.9. The molecule has 1 aliphatic heterocycles. The van der Waals surface area contributed by atoms with E-state index < -0.39 is 0 Å². The van der Waals surface area contributed by atoms with E-state index in [2.05, 4.69) is 58.6 Å². The summed E-state index contributed by atoms with van der Waals surface area (Å²) in [5.74, 6) is 0.755. The predicted molar refractivity (Wildman–Crippen MR) is 99.6 cm³/mol. The molecular weight excluding hydrogens is 292 g/mol. The van der Waals surface area contributed by atoms with Crippen molar-refractivity contribution in [3.8, 4) is 0 Å². The third-order valence-corrected chi connectivity index (χ3v) is 4.38. The van der Waals surface area contributed by atoms with Crippen LogP contribution in [-0.2, 0) is 5.41 Å². The Labute approximate surface area is 136 Å². The van der Waals surface area contributed by atoms with Crippen molar-refractivity contribution in [3.05, 3.63) is 41.8 Å². The van der Waals surface area contributed by atoms with Crippen molar-refractivity contribution in [2.75, 3.05) is 17.7 Å². The van der Waals surface area contributed by atoms with Crippen LogP contribution in [0.25, 0.3) is 0 Å². The molecular formula is C17H22N4S. The van der Waals surface area contributed by atoms with Crippen molar-refractivity contribution in [3.63, 3.8) is 0 Å². The van der Waals surface area contributed by atoms with Gasteiger partial charge in [-0.15, -0.1) is 11.8 Å². The third kappa shape index (κ3) is 3.47. The Morgan fingerprint density at radius 2 is 2.09 bits per heavy atom. The lowest BCUT2D eigenvalue weighted by molar-refractivity contribution is 0.563. The van der Waals surface area contributed by atoms with Gasteiger partial charge in [-0.2, -0.15) is 0 Å². The highest BCUT2D eigenvalue weighted by atomic mass is 32.2. The van der Waals surface area contributed by atoms with Crippen LogP contribution in [0.15, 0.2) is 51.3 Å². The highest BCUT2D eigenvalue weighted by Gasteiger charge is 2.36. The van der Waals surface area contributed by atoms with Gasteiger partial charge in [-0.1, -0.05) is 32.0 Å². The second-order valence-electron chi connectivity index (χ2n) is 5.75. The van der Waals surface area contributed by atoms with Gasteiger partial charge in [0.2, 0.25) is 0 Å². The summed E-state index contributed by atoms with van der Waals surface area (Å²) in [6.07, 6.45) is 5.25. The summed E-state index contributed by atoms with van der Waals surface area (Å²) in [5.41, 5.74) is 2.57. The lowest BCUT2D eigenvalue weighted by Gasteiger charge is -2.22. The highest BCUT2D eigenvalue weighted by molar-refractivity contribution is 8.13. The van der Waals surface area contributed by atoms with E-state index in [-0.39, 0.29) is 5.41 Å². The molecule has 0 fully saturated rings. The molecule has 0 saturated heterocycles. The molecule has 0 aromatic heterocycles. The van der Waals surface area contributed by atoms with Crippen molar-refractivity contribution < 1.29 is 0 Å². The second kappa shape index (κ2) is 6.92. The number of fused-ring (bicyclic) bond motifs is 1. The molecule has 0 saturated carbocycles. The van der Waals surface area contributed by atoms with Crippen molar-refractivity contribution in [1.82, 2.24) is 0 Å². The molecule has 22 heavy (non-hydrogen) atoms. The summed E-state index contributed by atoms with van der Waals surface area (Å²) in [7, 11) is 0. The number of aliphatic imine (C=N–C) groups is 3. The molecule has 1 aromatic carbocycles. The number of thioether (sulfide) groups is 1. The van der Waals surface area contributed by atoms with Crippen molar-refractivity contribution in [2.45, 2.75) is 26.2 Å². The fraction of sp³-hybridized carbons (Fsp3) is 0.353. The second-order valence-corrected chi connectivity index (χ2v) is 6.75. The van der Waals surface area contributed by atoms with Crippen LogP contribution >= 0.6 is 11.8 Å². The summed E-state index contributed by atoms with van der Waals surface area (Å²) < 4.78 is 0. The Hall–Kier alpha value is -1.88. The minimum atomic E-state index is 0.0742. The van der Waals surface area contributed by atoms with Gasteiger partial charge >= 0.3 is 0 Å². The zero-order chi connectivity index (χ0) is 16.2. The van der Waals surface area contributed by atoms with Crippen molar-refractivity contribution in [2.24, 2.45) is 15.0 Å². The molecule has 5 heteroatoms. The SMILES string of the molecule is C=N/C=C(/N=C\N=C(C)SC)N1CC(C)(C)c2ccccc21. The zero-order valence-corrected chi connectivity index (χ0v) is 14.4. The first-order chi connectivity index (χ1) is 10.5. The van der Waals surface area contributed by atoms with Crippen LogP contribution in [0.4, 0.5) is 5.69 Å². The van der Waals surface area contributed by atoms with Crippen molar-refractivity contribution in [1.29, 1.82) is 0 Å². The maximum Gasteiger partial charge on any atom is 0.153 e. The van der Waals surface area contributed by atoms with Crippen LogP contribution in [0.1, 0.15) is 26.3 Å². The van der Waals surface area contributed by atoms with Gasteiger partial charge in [-0.05, 0) is 31.5 Å². The van der Waals surface area contributed by atoms with Crippen LogP contribution in [0.2, 0.25) is 0 Å². The number of hydrogen-bond acceptors (Lipinski definition) is 4. The minimum Gasteiger partial charge on any atom is -0.324 e. The number of nitrogens with zero attached hydrogens (tertiary/aromatic N) is 4. The van der Waals surface area contributed by atoms with E-state index in [0.717, 1.165) is 17.4 Å². The Morgan fingerprint density at radius 3 is 2.77 bits per heavy atom. The molecule has 1 heterocycles. The maximum atomic E-state index is 4.48. The van der Waals surface area contributed by atoms with Crippen LogP contribution in [0, 0.1) is 0 Å². The average Bonchev–Trinajstić information content (AvgIpc) is 2.78. The number of rotatable bonds is 4. The van der Waals surface area contributed by atoms with E-state index in [1.54, 1.807) is 24.3 Å². The van der Waals surface area contributed by atoms with Gasteiger partial charge in [0.1, 0.15) is 6.34 Å². The molecule has 0 N–H and O–H groups in total. The first kappa shape index (κ1) is 16.5. The van der Waals surface area contributed by atoms with E-state index >= 15 is 0 Å². The molecule has 0 aliphatic carbocycles. The molecule has 0 atom stereocenters. The smallest absolute Gasteiger partial charge is 0.153 e. The van der Waals surface area contributed by atoms with Gasteiger partial charge in [0, 0.05) is 17.6 Å².